The minimum absolute atomic E-state index is 0.0983. The number of nitrogens with zero attached hydrogens (tertiary/aromatic N) is 1. The van der Waals surface area contributed by atoms with E-state index >= 15 is 0 Å². The van der Waals surface area contributed by atoms with E-state index in [-0.39, 0.29) is 11.8 Å². The molecular formula is C19H23NO4. The van der Waals surface area contributed by atoms with Crippen molar-refractivity contribution in [1.29, 1.82) is 0 Å². The number of aliphatic imine (C=N–C) groups is 1. The van der Waals surface area contributed by atoms with Crippen molar-refractivity contribution in [3.05, 3.63) is 47.7 Å². The van der Waals surface area contributed by atoms with E-state index in [1.165, 1.54) is 32.7 Å². The number of ether oxygens (including phenoxy) is 2. The largest absolute Gasteiger partial charge is 0.466 e. The lowest BCUT2D eigenvalue weighted by Crippen LogP contribution is -2.39. The monoisotopic (exact) mass is 329 g/mol. The van der Waals surface area contributed by atoms with Gasteiger partial charge in [-0.1, -0.05) is 37.3 Å². The summed E-state index contributed by atoms with van der Waals surface area (Å²) >= 11 is 0. The van der Waals surface area contributed by atoms with Crippen LogP contribution in [-0.2, 0) is 19.1 Å². The van der Waals surface area contributed by atoms with Crippen LogP contribution in [-0.4, -0.2) is 30.9 Å². The fraction of sp³-hybridized carbons (Fsp3) is 0.421. The Bertz CT molecular complexity index is 661. The molecule has 1 aromatic rings. The van der Waals surface area contributed by atoms with Gasteiger partial charge in [0.15, 0.2) is 0 Å². The molecule has 5 heteroatoms. The van der Waals surface area contributed by atoms with Crippen LogP contribution in [0.3, 0.4) is 0 Å². The lowest BCUT2D eigenvalue weighted by atomic mass is 9.83. The van der Waals surface area contributed by atoms with E-state index in [2.05, 4.69) is 28.8 Å². The molecule has 0 radical (unpaired) electrons. The number of rotatable bonds is 5. The van der Waals surface area contributed by atoms with Crippen molar-refractivity contribution in [2.75, 3.05) is 7.11 Å². The Balaban J connectivity index is 2.06. The summed E-state index contributed by atoms with van der Waals surface area (Å²) in [5, 5.41) is 0. The second-order valence-electron chi connectivity index (χ2n) is 6.41. The van der Waals surface area contributed by atoms with Gasteiger partial charge in [-0.2, -0.15) is 0 Å². The van der Waals surface area contributed by atoms with Crippen LogP contribution >= 0.6 is 0 Å². The van der Waals surface area contributed by atoms with E-state index < -0.39 is 17.5 Å². The fourth-order valence-electron chi connectivity index (χ4n) is 2.63. The molecule has 0 saturated carbocycles. The highest BCUT2D eigenvalue weighted by molar-refractivity contribution is 5.93. The zero-order chi connectivity index (χ0) is 17.7. The second kappa shape index (κ2) is 7.43. The minimum Gasteiger partial charge on any atom is -0.466 e. The Morgan fingerprint density at radius 2 is 1.92 bits per heavy atom. The molecule has 24 heavy (non-hydrogen) atoms. The average molecular weight is 329 g/mol. The van der Waals surface area contributed by atoms with Crippen LogP contribution < -0.4 is 0 Å². The molecule has 1 aliphatic heterocycles. The van der Waals surface area contributed by atoms with Crippen molar-refractivity contribution < 1.29 is 19.1 Å². The van der Waals surface area contributed by atoms with Gasteiger partial charge in [0.2, 0.25) is 5.60 Å². The zero-order valence-electron chi connectivity index (χ0n) is 14.5. The van der Waals surface area contributed by atoms with Gasteiger partial charge < -0.3 is 9.47 Å². The van der Waals surface area contributed by atoms with Crippen LogP contribution in [0.2, 0.25) is 0 Å². The van der Waals surface area contributed by atoms with Crippen molar-refractivity contribution in [2.45, 2.75) is 38.7 Å². The Labute approximate surface area is 142 Å². The predicted molar refractivity (Wildman–Crippen MR) is 91.7 cm³/mol. The summed E-state index contributed by atoms with van der Waals surface area (Å²) in [5.74, 6) is -0.807. The van der Waals surface area contributed by atoms with Crippen LogP contribution in [0.1, 0.15) is 38.7 Å². The standard InChI is InChI=1S/C19H23NO4/c1-13(14-8-6-5-7-9-14)15-10-16(12-20-11-15)17(21)24-19(2,3)18(22)23-4/h5-9,11-13,15H,10H2,1-4H3. The van der Waals surface area contributed by atoms with Gasteiger partial charge >= 0.3 is 11.9 Å². The molecule has 1 heterocycles. The second-order valence-corrected chi connectivity index (χ2v) is 6.41. The third kappa shape index (κ3) is 4.10. The van der Waals surface area contributed by atoms with Crippen LogP contribution in [0.5, 0.6) is 0 Å². The van der Waals surface area contributed by atoms with Gasteiger partial charge in [-0.3, -0.25) is 4.99 Å². The molecule has 1 aliphatic rings. The maximum Gasteiger partial charge on any atom is 0.349 e. The Hall–Kier alpha value is -2.43. The van der Waals surface area contributed by atoms with Gasteiger partial charge in [-0.15, -0.1) is 0 Å². The molecule has 0 amide bonds. The lowest BCUT2D eigenvalue weighted by molar-refractivity contribution is -0.174. The lowest BCUT2D eigenvalue weighted by Gasteiger charge is -2.26. The Kier molecular flexibility index (Phi) is 5.54. The van der Waals surface area contributed by atoms with Crippen LogP contribution in [0.15, 0.2) is 47.1 Å². The molecule has 0 bridgehead atoms. The smallest absolute Gasteiger partial charge is 0.349 e. The Morgan fingerprint density at radius 1 is 1.25 bits per heavy atom. The topological polar surface area (TPSA) is 65.0 Å². The quantitative estimate of drug-likeness (QED) is 0.778. The van der Waals surface area contributed by atoms with Crippen molar-refractivity contribution in [1.82, 2.24) is 0 Å². The highest BCUT2D eigenvalue weighted by Gasteiger charge is 2.35. The highest BCUT2D eigenvalue weighted by atomic mass is 16.6. The van der Waals surface area contributed by atoms with E-state index in [4.69, 9.17) is 4.74 Å². The Morgan fingerprint density at radius 3 is 2.54 bits per heavy atom. The van der Waals surface area contributed by atoms with Crippen molar-refractivity contribution in [2.24, 2.45) is 10.9 Å². The van der Waals surface area contributed by atoms with E-state index in [1.807, 2.05) is 24.4 Å². The summed E-state index contributed by atoms with van der Waals surface area (Å²) in [5.41, 5.74) is 0.328. The number of methoxy groups -OCH3 is 1. The van der Waals surface area contributed by atoms with Gasteiger partial charge in [0.1, 0.15) is 0 Å². The molecule has 0 aliphatic carbocycles. The molecule has 1 aromatic carbocycles. The summed E-state index contributed by atoms with van der Waals surface area (Å²) in [4.78, 5) is 28.2. The van der Waals surface area contributed by atoms with Crippen LogP contribution in [0, 0.1) is 5.92 Å². The van der Waals surface area contributed by atoms with Crippen molar-refractivity contribution in [3.63, 3.8) is 0 Å². The van der Waals surface area contributed by atoms with E-state index in [0.717, 1.165) is 0 Å². The number of carbonyl (C=O) groups excluding carboxylic acids is 2. The highest BCUT2D eigenvalue weighted by Crippen LogP contribution is 2.31. The molecule has 2 unspecified atom stereocenters. The van der Waals surface area contributed by atoms with Crippen LogP contribution in [0.25, 0.3) is 0 Å². The maximum atomic E-state index is 12.4. The third-order valence-electron chi connectivity index (χ3n) is 4.22. The number of carbonyl (C=O) groups is 2. The normalized spacial score (nSPS) is 18.5. The summed E-state index contributed by atoms with van der Waals surface area (Å²) < 4.78 is 9.96. The first-order valence-corrected chi connectivity index (χ1v) is 7.94. The summed E-state index contributed by atoms with van der Waals surface area (Å²) in [6, 6.07) is 10.1. The molecule has 2 rings (SSSR count). The van der Waals surface area contributed by atoms with Crippen molar-refractivity contribution >= 4 is 18.2 Å². The van der Waals surface area contributed by atoms with E-state index in [1.54, 1.807) is 0 Å². The first kappa shape index (κ1) is 17.9. The fourth-order valence-corrected chi connectivity index (χ4v) is 2.63. The first-order valence-electron chi connectivity index (χ1n) is 7.94. The molecule has 128 valence electrons. The summed E-state index contributed by atoms with van der Waals surface area (Å²) in [6.07, 6.45) is 3.89. The molecule has 5 nitrogen and oxygen atoms in total. The third-order valence-corrected chi connectivity index (χ3v) is 4.22. The zero-order valence-corrected chi connectivity index (χ0v) is 14.5. The van der Waals surface area contributed by atoms with E-state index in [0.29, 0.717) is 12.0 Å². The van der Waals surface area contributed by atoms with Gasteiger partial charge in [-0.05, 0) is 31.7 Å². The van der Waals surface area contributed by atoms with Gasteiger partial charge in [0, 0.05) is 18.3 Å². The van der Waals surface area contributed by atoms with Crippen LogP contribution in [0.4, 0.5) is 0 Å². The molecule has 0 N–H and O–H groups in total. The van der Waals surface area contributed by atoms with Gasteiger partial charge in [-0.25, -0.2) is 9.59 Å². The summed E-state index contributed by atoms with van der Waals surface area (Å²) in [6.45, 7) is 5.12. The maximum absolute atomic E-state index is 12.4. The molecule has 2 atom stereocenters. The molecular weight excluding hydrogens is 306 g/mol. The number of hydrogen-bond donors (Lipinski definition) is 0. The number of benzene rings is 1. The molecule has 0 saturated heterocycles. The molecule has 0 fully saturated rings. The average Bonchev–Trinajstić information content (AvgIpc) is 2.60. The SMILES string of the molecule is COC(=O)C(C)(C)OC(=O)C1=CN=CC(C(C)c2ccccc2)C1. The minimum atomic E-state index is -1.33. The van der Waals surface area contributed by atoms with E-state index in [9.17, 15) is 9.59 Å². The van der Waals surface area contributed by atoms with Gasteiger partial charge in [0.05, 0.1) is 12.7 Å². The van der Waals surface area contributed by atoms with Crippen molar-refractivity contribution in [3.8, 4) is 0 Å². The van der Waals surface area contributed by atoms with Gasteiger partial charge in [0.25, 0.3) is 0 Å². The first-order chi connectivity index (χ1) is 11.3. The summed E-state index contributed by atoms with van der Waals surface area (Å²) in [7, 11) is 1.26. The number of hydrogen-bond acceptors (Lipinski definition) is 5. The number of esters is 2. The molecule has 0 aromatic heterocycles. The molecule has 0 spiro atoms. The predicted octanol–water partition coefficient (Wildman–Crippen LogP) is 3.26.